The van der Waals surface area contributed by atoms with Gasteiger partial charge in [-0.15, -0.1) is 11.3 Å². The van der Waals surface area contributed by atoms with Crippen LogP contribution in [0.4, 0.5) is 5.69 Å². The Labute approximate surface area is 177 Å². The highest BCUT2D eigenvalue weighted by Gasteiger charge is 2.18. The molecule has 0 amide bonds. The fourth-order valence-electron chi connectivity index (χ4n) is 2.40. The number of aromatic hydroxyl groups is 1. The summed E-state index contributed by atoms with van der Waals surface area (Å²) in [7, 11) is 1.60. The lowest BCUT2D eigenvalue weighted by molar-refractivity contribution is -0.385. The van der Waals surface area contributed by atoms with E-state index in [9.17, 15) is 15.2 Å². The smallest absolute Gasteiger partial charge is 0.312 e. The van der Waals surface area contributed by atoms with Crippen LogP contribution in [-0.4, -0.2) is 28.0 Å². The molecule has 0 unspecified atom stereocenters. The van der Waals surface area contributed by atoms with Gasteiger partial charge >= 0.3 is 5.69 Å². The van der Waals surface area contributed by atoms with Crippen LogP contribution in [0.3, 0.4) is 0 Å². The highest BCUT2D eigenvalue weighted by molar-refractivity contribution is 7.07. The van der Waals surface area contributed by atoms with Gasteiger partial charge in [-0.1, -0.05) is 34.8 Å². The third-order valence-corrected chi connectivity index (χ3v) is 5.36. The van der Waals surface area contributed by atoms with Crippen LogP contribution in [0.2, 0.25) is 15.1 Å². The van der Waals surface area contributed by atoms with E-state index in [1.807, 2.05) is 0 Å². The summed E-state index contributed by atoms with van der Waals surface area (Å²) < 4.78 is 1.49. The average Bonchev–Trinajstić information content (AvgIpc) is 3.06. The Morgan fingerprint density at radius 1 is 1.21 bits per heavy atom. The van der Waals surface area contributed by atoms with E-state index in [4.69, 9.17) is 34.8 Å². The predicted molar refractivity (Wildman–Crippen MR) is 112 cm³/mol. The molecule has 0 atom stereocenters. The van der Waals surface area contributed by atoms with Crippen molar-refractivity contribution in [2.75, 3.05) is 7.05 Å². The number of benzene rings is 2. The van der Waals surface area contributed by atoms with E-state index >= 15 is 0 Å². The quantitative estimate of drug-likeness (QED) is 0.331. The Morgan fingerprint density at radius 3 is 2.64 bits per heavy atom. The predicted octanol–water partition coefficient (Wildman–Crippen LogP) is 5.20. The van der Waals surface area contributed by atoms with Gasteiger partial charge in [0.1, 0.15) is 0 Å². The van der Waals surface area contributed by atoms with Gasteiger partial charge in [0.25, 0.3) is 0 Å². The molecule has 0 spiro atoms. The number of aromatic nitrogens is 1. The van der Waals surface area contributed by atoms with Crippen LogP contribution in [-0.2, 0) is 0 Å². The molecule has 3 aromatic rings. The van der Waals surface area contributed by atoms with Crippen molar-refractivity contribution in [1.29, 1.82) is 0 Å². The van der Waals surface area contributed by atoms with E-state index in [1.165, 1.54) is 28.3 Å². The van der Waals surface area contributed by atoms with Gasteiger partial charge in [0.2, 0.25) is 10.6 Å². The topological polar surface area (TPSA) is 93.0 Å². The molecule has 0 radical (unpaired) electrons. The summed E-state index contributed by atoms with van der Waals surface area (Å²) in [6.45, 7) is 0. The molecule has 0 aliphatic rings. The number of nitro groups is 1. The molecule has 28 heavy (non-hydrogen) atoms. The number of nitro benzene ring substituents is 1. The molecule has 1 N–H and O–H groups in total. The molecular weight excluding hydrogens is 447 g/mol. The molecule has 0 fully saturated rings. The Bertz CT molecular complexity index is 1170. The standard InChI is InChI=1S/C17H11Cl3N4O3S/c1-21-17-23(15(8-28-17)12-5-10(18)2-3-13(12)20)22-7-9-4-11(19)6-14(16(9)25)24(26)27/h2-8,25H,1H3. The summed E-state index contributed by atoms with van der Waals surface area (Å²) in [5, 5.41) is 28.4. The second kappa shape index (κ2) is 8.32. The Kier molecular flexibility index (Phi) is 6.04. The molecule has 11 heteroatoms. The van der Waals surface area contributed by atoms with Crippen molar-refractivity contribution in [1.82, 2.24) is 4.68 Å². The monoisotopic (exact) mass is 456 g/mol. The maximum Gasteiger partial charge on any atom is 0.312 e. The molecule has 0 saturated heterocycles. The Hall–Kier alpha value is -2.39. The van der Waals surface area contributed by atoms with Crippen molar-refractivity contribution in [3.8, 4) is 17.0 Å². The SMILES string of the molecule is CN=c1scc(-c2cc(Cl)ccc2Cl)n1N=Cc1cc(Cl)cc([N+](=O)[O-])c1O. The number of hydrogen-bond donors (Lipinski definition) is 1. The van der Waals surface area contributed by atoms with Crippen LogP contribution in [0.1, 0.15) is 5.56 Å². The molecule has 0 aliphatic heterocycles. The minimum atomic E-state index is -0.722. The summed E-state index contributed by atoms with van der Waals surface area (Å²) in [6, 6.07) is 7.46. The van der Waals surface area contributed by atoms with Gasteiger partial charge in [-0.3, -0.25) is 15.1 Å². The van der Waals surface area contributed by atoms with Crippen molar-refractivity contribution in [2.24, 2.45) is 10.1 Å². The molecule has 0 bridgehead atoms. The normalized spacial score (nSPS) is 12.1. The zero-order valence-electron chi connectivity index (χ0n) is 14.1. The first kappa shape index (κ1) is 20.3. The largest absolute Gasteiger partial charge is 0.502 e. The maximum absolute atomic E-state index is 11.1. The van der Waals surface area contributed by atoms with Crippen LogP contribution in [0.15, 0.2) is 45.8 Å². The number of thiazole rings is 1. The van der Waals surface area contributed by atoms with Gasteiger partial charge in [-0.05, 0) is 24.3 Å². The molecule has 2 aromatic carbocycles. The summed E-state index contributed by atoms with van der Waals surface area (Å²) in [6.07, 6.45) is 1.26. The lowest BCUT2D eigenvalue weighted by atomic mass is 10.2. The second-order valence-corrected chi connectivity index (χ2v) is 7.54. The number of hydrogen-bond acceptors (Lipinski definition) is 6. The summed E-state index contributed by atoms with van der Waals surface area (Å²) in [5.74, 6) is -0.536. The number of halogens is 3. The third-order valence-electron chi connectivity index (χ3n) is 3.67. The first-order valence-electron chi connectivity index (χ1n) is 7.62. The molecule has 144 valence electrons. The van der Waals surface area contributed by atoms with E-state index in [1.54, 1.807) is 30.6 Å². The van der Waals surface area contributed by atoms with E-state index in [0.29, 0.717) is 26.1 Å². The highest BCUT2D eigenvalue weighted by Crippen LogP contribution is 2.33. The van der Waals surface area contributed by atoms with Crippen LogP contribution in [0.5, 0.6) is 5.75 Å². The number of phenolic OH excluding ortho intramolecular Hbond substituents is 1. The first-order chi connectivity index (χ1) is 13.3. The molecule has 0 aliphatic carbocycles. The summed E-state index contributed by atoms with van der Waals surface area (Å²) >= 11 is 19.6. The second-order valence-electron chi connectivity index (χ2n) is 5.43. The fourth-order valence-corrected chi connectivity index (χ4v) is 3.81. The van der Waals surface area contributed by atoms with Crippen molar-refractivity contribution < 1.29 is 10.0 Å². The van der Waals surface area contributed by atoms with Gasteiger partial charge in [0.05, 0.1) is 21.9 Å². The average molecular weight is 458 g/mol. The molecule has 1 heterocycles. The number of nitrogens with zero attached hydrogens (tertiary/aromatic N) is 4. The molecular formula is C17H11Cl3N4O3S. The van der Waals surface area contributed by atoms with Crippen LogP contribution >= 0.6 is 46.1 Å². The highest BCUT2D eigenvalue weighted by atomic mass is 35.5. The minimum Gasteiger partial charge on any atom is -0.502 e. The van der Waals surface area contributed by atoms with Gasteiger partial charge < -0.3 is 5.11 Å². The minimum absolute atomic E-state index is 0.0862. The molecule has 7 nitrogen and oxygen atoms in total. The number of phenols is 1. The van der Waals surface area contributed by atoms with Crippen LogP contribution in [0.25, 0.3) is 11.3 Å². The van der Waals surface area contributed by atoms with Crippen molar-refractivity contribution >= 4 is 58.0 Å². The van der Waals surface area contributed by atoms with E-state index in [-0.39, 0.29) is 10.6 Å². The first-order valence-corrected chi connectivity index (χ1v) is 9.63. The van der Waals surface area contributed by atoms with Crippen LogP contribution in [0, 0.1) is 10.1 Å². The lowest BCUT2D eigenvalue weighted by Gasteiger charge is -2.07. The molecule has 0 saturated carbocycles. The van der Waals surface area contributed by atoms with Gasteiger partial charge in [-0.2, -0.15) is 5.10 Å². The van der Waals surface area contributed by atoms with Crippen LogP contribution < -0.4 is 4.80 Å². The summed E-state index contributed by atoms with van der Waals surface area (Å²) in [5.41, 5.74) is 0.829. The zero-order valence-corrected chi connectivity index (χ0v) is 17.2. The summed E-state index contributed by atoms with van der Waals surface area (Å²) in [4.78, 5) is 15.0. The molecule has 1 aromatic heterocycles. The third kappa shape index (κ3) is 4.05. The lowest BCUT2D eigenvalue weighted by Crippen LogP contribution is -2.11. The van der Waals surface area contributed by atoms with E-state index < -0.39 is 16.4 Å². The van der Waals surface area contributed by atoms with Gasteiger partial charge in [-0.25, -0.2) is 4.68 Å². The molecule has 3 rings (SSSR count). The van der Waals surface area contributed by atoms with Gasteiger partial charge in [0, 0.05) is 39.7 Å². The number of rotatable bonds is 4. The van der Waals surface area contributed by atoms with E-state index in [0.717, 1.165) is 6.07 Å². The fraction of sp³-hybridized carbons (Fsp3) is 0.0588. The van der Waals surface area contributed by atoms with Crippen molar-refractivity contribution in [3.05, 3.63) is 71.3 Å². The van der Waals surface area contributed by atoms with Crippen molar-refractivity contribution in [3.63, 3.8) is 0 Å². The van der Waals surface area contributed by atoms with Gasteiger partial charge in [0.15, 0.2) is 0 Å². The Morgan fingerprint density at radius 2 is 1.96 bits per heavy atom. The maximum atomic E-state index is 11.1. The Balaban J connectivity index is 2.15. The zero-order chi connectivity index (χ0) is 20.4. The van der Waals surface area contributed by atoms with E-state index in [2.05, 4.69) is 10.1 Å². The van der Waals surface area contributed by atoms with Crippen molar-refractivity contribution in [2.45, 2.75) is 0 Å².